The fraction of sp³-hybridized carbons (Fsp3) is 0.938. The molecule has 2 unspecified atom stereocenters. The van der Waals surface area contributed by atoms with Gasteiger partial charge in [0, 0.05) is 18.5 Å². The van der Waals surface area contributed by atoms with Crippen molar-refractivity contribution < 1.29 is 4.79 Å². The van der Waals surface area contributed by atoms with E-state index < -0.39 is 0 Å². The summed E-state index contributed by atoms with van der Waals surface area (Å²) in [7, 11) is 0. The Morgan fingerprint density at radius 1 is 1.10 bits per heavy atom. The van der Waals surface area contributed by atoms with Crippen LogP contribution < -0.4 is 11.1 Å². The van der Waals surface area contributed by atoms with E-state index in [0.717, 1.165) is 19.4 Å². The maximum Gasteiger partial charge on any atom is 0.223 e. The maximum atomic E-state index is 12.4. The van der Waals surface area contributed by atoms with E-state index in [1.807, 2.05) is 11.8 Å². The smallest absolute Gasteiger partial charge is 0.223 e. The van der Waals surface area contributed by atoms with Crippen LogP contribution in [0.1, 0.15) is 44.9 Å². The van der Waals surface area contributed by atoms with Gasteiger partial charge in [-0.1, -0.05) is 6.42 Å². The van der Waals surface area contributed by atoms with Crippen LogP contribution in [0.5, 0.6) is 0 Å². The number of nitrogens with one attached hydrogen (secondary N) is 1. The van der Waals surface area contributed by atoms with E-state index >= 15 is 0 Å². The van der Waals surface area contributed by atoms with Crippen molar-refractivity contribution in [3.8, 4) is 0 Å². The summed E-state index contributed by atoms with van der Waals surface area (Å²) in [6, 6.07) is 0.364. The lowest BCUT2D eigenvalue weighted by molar-refractivity contribution is -0.128. The van der Waals surface area contributed by atoms with Crippen LogP contribution in [0.4, 0.5) is 0 Å². The topological polar surface area (TPSA) is 55.1 Å². The number of carbonyl (C=O) groups excluding carboxylic acids is 1. The molecule has 0 aromatic carbocycles. The minimum absolute atomic E-state index is 0.239. The lowest BCUT2D eigenvalue weighted by Crippen LogP contribution is -2.49. The summed E-state index contributed by atoms with van der Waals surface area (Å²) >= 11 is 2.05. The van der Waals surface area contributed by atoms with Crippen LogP contribution in [-0.2, 0) is 4.79 Å². The molecule has 114 valence electrons. The molecular formula is C16H28N2OS. The van der Waals surface area contributed by atoms with Crippen molar-refractivity contribution in [3.05, 3.63) is 0 Å². The Hall–Kier alpha value is -0.220. The van der Waals surface area contributed by atoms with Gasteiger partial charge < -0.3 is 11.1 Å². The van der Waals surface area contributed by atoms with E-state index in [9.17, 15) is 4.79 Å². The van der Waals surface area contributed by atoms with E-state index in [0.29, 0.717) is 29.7 Å². The number of hydrogen-bond donors (Lipinski definition) is 2. The lowest BCUT2D eigenvalue weighted by Gasteiger charge is -2.43. The summed E-state index contributed by atoms with van der Waals surface area (Å²) < 4.78 is 0. The van der Waals surface area contributed by atoms with Crippen LogP contribution in [0.2, 0.25) is 0 Å². The van der Waals surface area contributed by atoms with Gasteiger partial charge in [0.05, 0.1) is 0 Å². The first-order chi connectivity index (χ1) is 9.74. The predicted octanol–water partition coefficient (Wildman–Crippen LogP) is 2.40. The Bertz CT molecular complexity index is 329. The minimum atomic E-state index is 0.239. The normalized spacial score (nSPS) is 38.5. The third-order valence-electron chi connectivity index (χ3n) is 5.69. The molecule has 3 rings (SSSR count). The molecule has 2 atom stereocenters. The third-order valence-corrected chi connectivity index (χ3v) is 6.74. The Kier molecular flexibility index (Phi) is 4.92. The largest absolute Gasteiger partial charge is 0.356 e. The van der Waals surface area contributed by atoms with Crippen LogP contribution in [0.3, 0.4) is 0 Å². The van der Waals surface area contributed by atoms with Crippen LogP contribution in [0, 0.1) is 23.7 Å². The molecule has 2 saturated carbocycles. The maximum absolute atomic E-state index is 12.4. The molecule has 1 amide bonds. The number of fused-ring (bicyclic) bond motifs is 2. The van der Waals surface area contributed by atoms with Crippen molar-refractivity contribution in [2.24, 2.45) is 29.4 Å². The molecule has 2 aliphatic carbocycles. The molecule has 20 heavy (non-hydrogen) atoms. The van der Waals surface area contributed by atoms with E-state index in [2.05, 4.69) is 5.32 Å². The first-order valence-electron chi connectivity index (χ1n) is 8.35. The summed E-state index contributed by atoms with van der Waals surface area (Å²) in [5.41, 5.74) is 6.30. The van der Waals surface area contributed by atoms with Gasteiger partial charge in [-0.05, 0) is 67.8 Å². The molecule has 0 radical (unpaired) electrons. The Balaban J connectivity index is 1.47. The number of nitrogens with two attached hydrogens (primary N) is 1. The Labute approximate surface area is 126 Å². The fourth-order valence-corrected chi connectivity index (χ4v) is 5.55. The van der Waals surface area contributed by atoms with Gasteiger partial charge in [0.15, 0.2) is 0 Å². The summed E-state index contributed by atoms with van der Waals surface area (Å²) in [4.78, 5) is 12.4. The zero-order chi connectivity index (χ0) is 13.9. The van der Waals surface area contributed by atoms with E-state index in [1.54, 1.807) is 0 Å². The molecular weight excluding hydrogens is 268 g/mol. The highest BCUT2D eigenvalue weighted by Gasteiger charge is 2.40. The molecule has 2 bridgehead atoms. The van der Waals surface area contributed by atoms with Gasteiger partial charge in [-0.2, -0.15) is 11.8 Å². The quantitative estimate of drug-likeness (QED) is 0.841. The van der Waals surface area contributed by atoms with E-state index in [1.165, 1.54) is 43.6 Å². The van der Waals surface area contributed by atoms with Gasteiger partial charge in [0.1, 0.15) is 0 Å². The Morgan fingerprint density at radius 3 is 2.40 bits per heavy atom. The van der Waals surface area contributed by atoms with Crippen LogP contribution in [0.25, 0.3) is 0 Å². The first kappa shape index (κ1) is 14.7. The highest BCUT2D eigenvalue weighted by Crippen LogP contribution is 2.41. The summed E-state index contributed by atoms with van der Waals surface area (Å²) in [6.45, 7) is 0.900. The average molecular weight is 296 g/mol. The molecule has 3 N–H and O–H groups in total. The standard InChI is InChI=1S/C16H28N2OS/c17-15-12-2-1-3-13(15)9-14(8-12)16(19)18-10-11-4-6-20-7-5-11/h11-15H,1-10,17H2,(H,18,19). The van der Waals surface area contributed by atoms with E-state index in [-0.39, 0.29) is 5.92 Å². The second kappa shape index (κ2) is 6.69. The molecule has 1 aliphatic heterocycles. The zero-order valence-corrected chi connectivity index (χ0v) is 13.2. The highest BCUT2D eigenvalue weighted by atomic mass is 32.2. The molecule has 3 nitrogen and oxygen atoms in total. The van der Waals surface area contributed by atoms with Gasteiger partial charge in [-0.15, -0.1) is 0 Å². The number of amides is 1. The summed E-state index contributed by atoms with van der Waals surface area (Å²) in [5.74, 6) is 5.00. The number of carbonyl (C=O) groups is 1. The SMILES string of the molecule is NC1C2CCCC1CC(C(=O)NCC1CCSCC1)C2. The van der Waals surface area contributed by atoms with Gasteiger partial charge in [-0.25, -0.2) is 0 Å². The van der Waals surface area contributed by atoms with Crippen molar-refractivity contribution >= 4 is 17.7 Å². The van der Waals surface area contributed by atoms with Crippen molar-refractivity contribution in [1.29, 1.82) is 0 Å². The molecule has 0 aromatic rings. The second-order valence-corrected chi connectivity index (χ2v) is 8.22. The average Bonchev–Trinajstić information content (AvgIpc) is 2.45. The monoisotopic (exact) mass is 296 g/mol. The van der Waals surface area contributed by atoms with Gasteiger partial charge in [-0.3, -0.25) is 4.79 Å². The number of thioether (sulfide) groups is 1. The highest BCUT2D eigenvalue weighted by molar-refractivity contribution is 7.99. The number of rotatable bonds is 3. The molecule has 3 aliphatic rings. The summed E-state index contributed by atoms with van der Waals surface area (Å²) in [5, 5.41) is 3.24. The summed E-state index contributed by atoms with van der Waals surface area (Å²) in [6.07, 6.45) is 8.39. The van der Waals surface area contributed by atoms with Crippen molar-refractivity contribution in [2.75, 3.05) is 18.1 Å². The lowest BCUT2D eigenvalue weighted by atomic mass is 9.65. The second-order valence-electron chi connectivity index (χ2n) is 7.00. The predicted molar refractivity (Wildman–Crippen MR) is 84.6 cm³/mol. The zero-order valence-electron chi connectivity index (χ0n) is 12.4. The fourth-order valence-electron chi connectivity index (χ4n) is 4.34. The minimum Gasteiger partial charge on any atom is -0.356 e. The van der Waals surface area contributed by atoms with E-state index in [4.69, 9.17) is 5.73 Å². The van der Waals surface area contributed by atoms with Gasteiger partial charge in [0.25, 0.3) is 0 Å². The molecule has 1 saturated heterocycles. The van der Waals surface area contributed by atoms with Crippen molar-refractivity contribution in [3.63, 3.8) is 0 Å². The third kappa shape index (κ3) is 3.33. The molecule has 3 fully saturated rings. The van der Waals surface area contributed by atoms with Crippen LogP contribution >= 0.6 is 11.8 Å². The molecule has 1 heterocycles. The molecule has 0 aromatic heterocycles. The Morgan fingerprint density at radius 2 is 1.75 bits per heavy atom. The van der Waals surface area contributed by atoms with Crippen LogP contribution in [-0.4, -0.2) is 30.0 Å². The van der Waals surface area contributed by atoms with Crippen LogP contribution in [0.15, 0.2) is 0 Å². The molecule has 0 spiro atoms. The first-order valence-corrected chi connectivity index (χ1v) is 9.50. The van der Waals surface area contributed by atoms with Gasteiger partial charge in [0.2, 0.25) is 5.91 Å². The molecule has 4 heteroatoms. The van der Waals surface area contributed by atoms with Crippen molar-refractivity contribution in [1.82, 2.24) is 5.32 Å². The van der Waals surface area contributed by atoms with Crippen molar-refractivity contribution in [2.45, 2.75) is 51.0 Å². The van der Waals surface area contributed by atoms with Gasteiger partial charge >= 0.3 is 0 Å². The number of hydrogen-bond acceptors (Lipinski definition) is 3.